The van der Waals surface area contributed by atoms with Crippen LogP contribution in [-0.4, -0.2) is 5.92 Å². The zero-order chi connectivity index (χ0) is 15.9. The van der Waals surface area contributed by atoms with Crippen molar-refractivity contribution in [2.45, 2.75) is 78.3 Å². The van der Waals surface area contributed by atoms with Crippen LogP contribution < -0.4 is 0 Å². The van der Waals surface area contributed by atoms with Crippen LogP contribution in [0.15, 0.2) is 42.0 Å². The van der Waals surface area contributed by atoms with Crippen molar-refractivity contribution >= 4 is 5.92 Å². The molecule has 0 unspecified atom stereocenters. The molecule has 0 N–H and O–H groups in total. The molecule has 0 fully saturated rings. The van der Waals surface area contributed by atoms with Gasteiger partial charge in [0.05, 0.1) is 0 Å². The predicted molar refractivity (Wildman–Crippen MR) is 99.5 cm³/mol. The van der Waals surface area contributed by atoms with Gasteiger partial charge in [0.1, 0.15) is 0 Å². The van der Waals surface area contributed by atoms with E-state index in [1.165, 1.54) is 51.4 Å². The molecular formula is C20H33SiZr. The molecule has 0 atom stereocenters. The molecule has 0 aromatic rings. The molecular weight excluding hydrogens is 360 g/mol. The van der Waals surface area contributed by atoms with Crippen LogP contribution in [0.4, 0.5) is 0 Å². The van der Waals surface area contributed by atoms with E-state index in [9.17, 15) is 0 Å². The van der Waals surface area contributed by atoms with E-state index >= 15 is 0 Å². The fourth-order valence-corrected chi connectivity index (χ4v) is 24.3. The van der Waals surface area contributed by atoms with Gasteiger partial charge in [0.2, 0.25) is 0 Å². The average Bonchev–Trinajstić information content (AvgIpc) is 3.13. The van der Waals surface area contributed by atoms with Gasteiger partial charge in [-0.1, -0.05) is 0 Å². The molecule has 0 saturated carbocycles. The second kappa shape index (κ2) is 9.38. The van der Waals surface area contributed by atoms with Gasteiger partial charge >= 0.3 is 147 Å². The first kappa shape index (κ1) is 18.4. The van der Waals surface area contributed by atoms with Gasteiger partial charge in [-0.15, -0.1) is 0 Å². The van der Waals surface area contributed by atoms with Crippen LogP contribution >= 0.6 is 0 Å². The predicted octanol–water partition coefficient (Wildman–Crippen LogP) is 6.40. The molecule has 0 nitrogen and oxygen atoms in total. The minimum absolute atomic E-state index is 0.536. The standard InChI is InChI=1S/2C9H13.C2H7Si.Zr/c2*1-2-3-6-9-7-4-5-8-9;1-3-2;/h2*4,7H,2-3,5-6H2,1H3;3H,1-2H3;. The van der Waals surface area contributed by atoms with Gasteiger partial charge in [-0.2, -0.15) is 0 Å². The summed E-state index contributed by atoms with van der Waals surface area (Å²) >= 11 is -1.53. The van der Waals surface area contributed by atoms with E-state index in [1.54, 1.807) is 11.1 Å². The number of hydrogen-bond acceptors (Lipinski definition) is 0. The topological polar surface area (TPSA) is 0 Å². The fourth-order valence-electron chi connectivity index (χ4n) is 3.75. The van der Waals surface area contributed by atoms with Crippen molar-refractivity contribution in [3.8, 4) is 0 Å². The van der Waals surface area contributed by atoms with E-state index in [2.05, 4.69) is 51.2 Å². The minimum atomic E-state index is -1.53. The van der Waals surface area contributed by atoms with Crippen molar-refractivity contribution in [2.75, 3.05) is 0 Å². The SMILES string of the molecule is CCCCC1=[C]([Zr]([C]2=C(CCCC)C=CC2)[SiH](C)C)CC=C1. The van der Waals surface area contributed by atoms with Crippen molar-refractivity contribution in [1.82, 2.24) is 0 Å². The fraction of sp³-hybridized carbons (Fsp3) is 0.600. The molecule has 0 aromatic heterocycles. The molecule has 0 amide bonds. The quantitative estimate of drug-likeness (QED) is 0.398. The summed E-state index contributed by atoms with van der Waals surface area (Å²) in [5, 5.41) is 0. The van der Waals surface area contributed by atoms with E-state index < -0.39 is 26.8 Å². The molecule has 2 rings (SSSR count). The monoisotopic (exact) mass is 391 g/mol. The Labute approximate surface area is 146 Å². The molecule has 0 bridgehead atoms. The van der Waals surface area contributed by atoms with Crippen molar-refractivity contribution < 1.29 is 20.9 Å². The van der Waals surface area contributed by atoms with Crippen molar-refractivity contribution in [1.29, 1.82) is 0 Å². The Hall–Kier alpha value is 0.0600. The number of hydrogen-bond donors (Lipinski definition) is 0. The molecule has 0 aliphatic heterocycles. The molecule has 2 aliphatic carbocycles. The molecule has 0 radical (unpaired) electrons. The van der Waals surface area contributed by atoms with Gasteiger partial charge in [0.25, 0.3) is 0 Å². The second-order valence-corrected chi connectivity index (χ2v) is 26.2. The Morgan fingerprint density at radius 1 is 0.864 bits per heavy atom. The maximum absolute atomic E-state index is 2.64. The number of unbranched alkanes of at least 4 members (excludes halogenated alkanes) is 2. The summed E-state index contributed by atoms with van der Waals surface area (Å²) in [6.07, 6.45) is 20.6. The number of allylic oxidation sites excluding steroid dienone is 8. The molecule has 0 heterocycles. The van der Waals surface area contributed by atoms with E-state index in [1.807, 2.05) is 6.56 Å². The van der Waals surface area contributed by atoms with E-state index in [4.69, 9.17) is 0 Å². The van der Waals surface area contributed by atoms with Gasteiger partial charge < -0.3 is 0 Å². The Morgan fingerprint density at radius 3 is 1.68 bits per heavy atom. The molecule has 0 spiro atoms. The summed E-state index contributed by atoms with van der Waals surface area (Å²) in [4.78, 5) is 0. The maximum atomic E-state index is 2.64. The normalized spacial score (nSPS) is 17.5. The third-order valence-electron chi connectivity index (χ3n) is 4.88. The zero-order valence-corrected chi connectivity index (χ0v) is 18.7. The van der Waals surface area contributed by atoms with Gasteiger partial charge in [0, 0.05) is 0 Å². The van der Waals surface area contributed by atoms with Crippen LogP contribution in [0.1, 0.15) is 65.2 Å². The third-order valence-corrected chi connectivity index (χ3v) is 24.5. The second-order valence-electron chi connectivity index (χ2n) is 7.00. The van der Waals surface area contributed by atoms with Crippen molar-refractivity contribution in [2.24, 2.45) is 0 Å². The van der Waals surface area contributed by atoms with E-state index in [-0.39, 0.29) is 0 Å². The Balaban J connectivity index is 2.26. The first-order valence-electron chi connectivity index (χ1n) is 9.33. The van der Waals surface area contributed by atoms with Crippen LogP contribution in [0.25, 0.3) is 0 Å². The third kappa shape index (κ3) is 4.54. The first-order valence-corrected chi connectivity index (χ1v) is 18.9. The van der Waals surface area contributed by atoms with Crippen LogP contribution in [0.3, 0.4) is 0 Å². The van der Waals surface area contributed by atoms with Crippen LogP contribution in [0.2, 0.25) is 13.1 Å². The molecule has 0 aromatic carbocycles. The summed E-state index contributed by atoms with van der Waals surface area (Å²) in [5.74, 6) is -0.536. The molecule has 2 heteroatoms. The van der Waals surface area contributed by atoms with Crippen LogP contribution in [-0.2, 0) is 20.9 Å². The van der Waals surface area contributed by atoms with Gasteiger partial charge in [-0.25, -0.2) is 0 Å². The van der Waals surface area contributed by atoms with Gasteiger partial charge in [-0.3, -0.25) is 0 Å². The summed E-state index contributed by atoms with van der Waals surface area (Å²) in [7, 11) is 0. The summed E-state index contributed by atoms with van der Waals surface area (Å²) in [6.45, 7) is 9.92. The van der Waals surface area contributed by atoms with Crippen molar-refractivity contribution in [3.05, 3.63) is 42.0 Å². The Morgan fingerprint density at radius 2 is 1.32 bits per heavy atom. The van der Waals surface area contributed by atoms with E-state index in [0.717, 1.165) is 0 Å². The molecule has 2 aliphatic rings. The van der Waals surface area contributed by atoms with E-state index in [0.29, 0.717) is 0 Å². The summed E-state index contributed by atoms with van der Waals surface area (Å²) in [5.41, 5.74) is 3.54. The van der Waals surface area contributed by atoms with Crippen molar-refractivity contribution in [3.63, 3.8) is 0 Å². The molecule has 22 heavy (non-hydrogen) atoms. The number of rotatable bonds is 9. The van der Waals surface area contributed by atoms with Crippen LogP contribution in [0, 0.1) is 0 Å². The average molecular weight is 393 g/mol. The zero-order valence-electron chi connectivity index (χ0n) is 15.0. The van der Waals surface area contributed by atoms with Gasteiger partial charge in [0.15, 0.2) is 0 Å². The first-order chi connectivity index (χ1) is 10.7. The Bertz CT molecular complexity index is 452. The summed E-state index contributed by atoms with van der Waals surface area (Å²) < 4.78 is 3.98. The van der Waals surface area contributed by atoms with Gasteiger partial charge in [-0.05, 0) is 0 Å². The van der Waals surface area contributed by atoms with Crippen LogP contribution in [0.5, 0.6) is 0 Å². The summed E-state index contributed by atoms with van der Waals surface area (Å²) in [6, 6.07) is 0. The molecule has 121 valence electrons. The molecule has 0 saturated heterocycles. The Kier molecular flexibility index (Phi) is 7.84.